The van der Waals surface area contributed by atoms with Crippen LogP contribution >= 0.6 is 0 Å². The van der Waals surface area contributed by atoms with E-state index in [4.69, 9.17) is 4.74 Å². The number of unbranched alkanes of at least 4 members (excludes halogenated alkanes) is 48. The van der Waals surface area contributed by atoms with E-state index in [9.17, 15) is 19.8 Å². The molecule has 0 rings (SSSR count). The smallest absolute Gasteiger partial charge is 0.305 e. The van der Waals surface area contributed by atoms with E-state index in [0.29, 0.717) is 25.9 Å². The molecule has 0 aromatic carbocycles. The predicted octanol–water partition coefficient (Wildman–Crippen LogP) is 22.3. The maximum Gasteiger partial charge on any atom is 0.305 e. The Morgan fingerprint density at radius 3 is 1.01 bits per heavy atom. The summed E-state index contributed by atoms with van der Waals surface area (Å²) >= 11 is 0. The number of carbonyl (C=O) groups is 2. The van der Waals surface area contributed by atoms with Crippen molar-refractivity contribution in [3.05, 3.63) is 36.5 Å². The highest BCUT2D eigenvalue weighted by molar-refractivity contribution is 5.76. The Bertz CT molecular complexity index is 1250. The normalized spacial score (nSPS) is 12.7. The van der Waals surface area contributed by atoms with Gasteiger partial charge in [0.25, 0.3) is 0 Å². The van der Waals surface area contributed by atoms with E-state index < -0.39 is 12.1 Å². The van der Waals surface area contributed by atoms with Crippen LogP contribution in [0.2, 0.25) is 0 Å². The summed E-state index contributed by atoms with van der Waals surface area (Å²) in [5, 5.41) is 23.4. The fourth-order valence-electron chi connectivity index (χ4n) is 10.8. The van der Waals surface area contributed by atoms with Crippen LogP contribution in [0.25, 0.3) is 0 Å². The zero-order chi connectivity index (χ0) is 55.7. The van der Waals surface area contributed by atoms with Crippen LogP contribution in [0.4, 0.5) is 0 Å². The zero-order valence-electron chi connectivity index (χ0n) is 52.0. The second-order valence-electron chi connectivity index (χ2n) is 23.9. The van der Waals surface area contributed by atoms with E-state index >= 15 is 0 Å². The molecule has 454 valence electrons. The van der Waals surface area contributed by atoms with Crippen molar-refractivity contribution in [2.75, 3.05) is 13.2 Å². The van der Waals surface area contributed by atoms with Crippen LogP contribution in [0.1, 0.15) is 380 Å². The predicted molar refractivity (Wildman–Crippen MR) is 338 cm³/mol. The number of hydrogen-bond acceptors (Lipinski definition) is 5. The van der Waals surface area contributed by atoms with Crippen molar-refractivity contribution in [3.63, 3.8) is 0 Å². The highest BCUT2D eigenvalue weighted by atomic mass is 16.5. The van der Waals surface area contributed by atoms with Crippen LogP contribution in [0, 0.1) is 0 Å². The molecule has 6 nitrogen and oxygen atoms in total. The first kappa shape index (κ1) is 75.1. The molecule has 0 aliphatic heterocycles. The molecule has 3 N–H and O–H groups in total. The van der Waals surface area contributed by atoms with Gasteiger partial charge in [-0.25, -0.2) is 0 Å². The Hall–Kier alpha value is -1.92. The molecule has 0 aromatic heterocycles. The number of esters is 1. The molecular formula is C71H135NO5. The Kier molecular flexibility index (Phi) is 64.9. The molecule has 0 saturated heterocycles. The minimum Gasteiger partial charge on any atom is -0.466 e. The summed E-state index contributed by atoms with van der Waals surface area (Å²) in [4.78, 5) is 24.6. The lowest BCUT2D eigenvalue weighted by Crippen LogP contribution is -2.45. The van der Waals surface area contributed by atoms with Gasteiger partial charge in [0.1, 0.15) is 0 Å². The van der Waals surface area contributed by atoms with Crippen LogP contribution in [-0.4, -0.2) is 47.4 Å². The van der Waals surface area contributed by atoms with Crippen molar-refractivity contribution in [3.8, 4) is 0 Å². The van der Waals surface area contributed by atoms with E-state index in [0.717, 1.165) is 51.4 Å². The van der Waals surface area contributed by atoms with E-state index in [-0.39, 0.29) is 18.5 Å². The van der Waals surface area contributed by atoms with Gasteiger partial charge in [-0.2, -0.15) is 0 Å². The molecule has 0 fully saturated rings. The van der Waals surface area contributed by atoms with Gasteiger partial charge < -0.3 is 20.3 Å². The summed E-state index contributed by atoms with van der Waals surface area (Å²) in [5.41, 5.74) is 0. The van der Waals surface area contributed by atoms with Crippen LogP contribution < -0.4 is 5.32 Å². The SMILES string of the molecule is CCCCCC/C=C\C/C=C\CCCCCCCCCC(=O)OCCCCCCCCCCCCC/C=C\CCCCCCCCCC(=O)NC(CO)C(O)CCCCCCCCCCCCCCCCCCCCCC. The van der Waals surface area contributed by atoms with Gasteiger partial charge in [-0.3, -0.25) is 9.59 Å². The summed E-state index contributed by atoms with van der Waals surface area (Å²) in [7, 11) is 0. The minimum absolute atomic E-state index is 0.00325. The lowest BCUT2D eigenvalue weighted by atomic mass is 10.0. The van der Waals surface area contributed by atoms with Crippen molar-refractivity contribution in [2.24, 2.45) is 0 Å². The molecule has 0 heterocycles. The number of aliphatic hydroxyl groups is 2. The zero-order valence-corrected chi connectivity index (χ0v) is 52.0. The summed E-state index contributed by atoms with van der Waals surface area (Å²) in [6, 6.07) is -0.548. The molecule has 0 aliphatic carbocycles. The Morgan fingerprint density at radius 2 is 0.649 bits per heavy atom. The van der Waals surface area contributed by atoms with Crippen LogP contribution in [0.15, 0.2) is 36.5 Å². The van der Waals surface area contributed by atoms with E-state index in [2.05, 4.69) is 55.6 Å². The molecule has 1 amide bonds. The first-order valence-electron chi connectivity index (χ1n) is 34.7. The number of allylic oxidation sites excluding steroid dienone is 6. The summed E-state index contributed by atoms with van der Waals surface area (Å²) < 4.78 is 5.50. The van der Waals surface area contributed by atoms with Crippen LogP contribution in [-0.2, 0) is 14.3 Å². The van der Waals surface area contributed by atoms with Crippen molar-refractivity contribution in [1.29, 1.82) is 0 Å². The molecule has 0 bridgehead atoms. The van der Waals surface area contributed by atoms with Gasteiger partial charge in [0.05, 0.1) is 25.4 Å². The monoisotopic (exact) mass is 1080 g/mol. The van der Waals surface area contributed by atoms with E-state index in [1.54, 1.807) is 0 Å². The average molecular weight is 1080 g/mol. The third kappa shape index (κ3) is 63.1. The van der Waals surface area contributed by atoms with Crippen LogP contribution in [0.3, 0.4) is 0 Å². The van der Waals surface area contributed by atoms with E-state index in [1.165, 1.54) is 295 Å². The second kappa shape index (κ2) is 66.6. The number of hydrogen-bond donors (Lipinski definition) is 3. The molecule has 0 aliphatic rings. The van der Waals surface area contributed by atoms with Gasteiger partial charge >= 0.3 is 5.97 Å². The van der Waals surface area contributed by atoms with Gasteiger partial charge in [0.2, 0.25) is 5.91 Å². The Labute approximate surface area is 481 Å². The maximum atomic E-state index is 12.5. The number of rotatable bonds is 65. The third-order valence-electron chi connectivity index (χ3n) is 16.2. The topological polar surface area (TPSA) is 95.9 Å². The summed E-state index contributed by atoms with van der Waals surface area (Å²) in [6.07, 6.45) is 84.6. The van der Waals surface area contributed by atoms with E-state index in [1.807, 2.05) is 0 Å². The summed E-state index contributed by atoms with van der Waals surface area (Å²) in [6.45, 7) is 4.96. The molecule has 0 radical (unpaired) electrons. The number of amides is 1. The first-order chi connectivity index (χ1) is 38.0. The second-order valence-corrected chi connectivity index (χ2v) is 23.9. The van der Waals surface area contributed by atoms with Gasteiger partial charge in [-0.1, -0.05) is 320 Å². The number of nitrogens with one attached hydrogen (secondary N) is 1. The fourth-order valence-corrected chi connectivity index (χ4v) is 10.8. The molecule has 2 unspecified atom stereocenters. The quantitative estimate of drug-likeness (QED) is 0.0320. The largest absolute Gasteiger partial charge is 0.466 e. The highest BCUT2D eigenvalue weighted by Crippen LogP contribution is 2.18. The maximum absolute atomic E-state index is 12.5. The van der Waals surface area contributed by atoms with Crippen molar-refractivity contribution >= 4 is 11.9 Å². The lowest BCUT2D eigenvalue weighted by Gasteiger charge is -2.22. The average Bonchev–Trinajstić information content (AvgIpc) is 3.43. The van der Waals surface area contributed by atoms with Crippen molar-refractivity contribution in [1.82, 2.24) is 5.32 Å². The van der Waals surface area contributed by atoms with Gasteiger partial charge in [0, 0.05) is 12.8 Å². The Balaban J connectivity index is 3.41. The van der Waals surface area contributed by atoms with Gasteiger partial charge in [-0.05, 0) is 83.5 Å². The molecule has 0 aromatic rings. The van der Waals surface area contributed by atoms with Gasteiger partial charge in [-0.15, -0.1) is 0 Å². The number of carbonyl (C=O) groups excluding carboxylic acids is 2. The highest BCUT2D eigenvalue weighted by Gasteiger charge is 2.20. The standard InChI is InChI=1S/C71H135NO5/c1-3-5-7-9-11-13-15-17-19-21-23-28-31-35-39-43-47-51-55-59-63-69(74)68(67-73)72-70(75)64-60-56-52-48-44-40-36-32-29-26-24-25-27-30-34-38-42-46-50-54-58-62-66-77-71(76)65-61-57-53-49-45-41-37-33-22-20-18-16-14-12-10-8-6-4-2/h14,16,20,22,26,29,68-69,73-74H,3-13,15,17-19,21,23-25,27-28,30-67H2,1-2H3,(H,72,75)/b16-14-,22-20-,29-26-. The molecule has 2 atom stereocenters. The number of aliphatic hydroxyl groups excluding tert-OH is 2. The van der Waals surface area contributed by atoms with Gasteiger partial charge in [0.15, 0.2) is 0 Å². The van der Waals surface area contributed by atoms with Crippen molar-refractivity contribution in [2.45, 2.75) is 392 Å². The molecule has 77 heavy (non-hydrogen) atoms. The third-order valence-corrected chi connectivity index (χ3v) is 16.2. The first-order valence-corrected chi connectivity index (χ1v) is 34.7. The van der Waals surface area contributed by atoms with Crippen LogP contribution in [0.5, 0.6) is 0 Å². The lowest BCUT2D eigenvalue weighted by molar-refractivity contribution is -0.143. The molecule has 0 saturated carbocycles. The summed E-state index contributed by atoms with van der Waals surface area (Å²) in [5.74, 6) is -0.0354. The van der Waals surface area contributed by atoms with Crippen molar-refractivity contribution < 1.29 is 24.5 Å². The Morgan fingerprint density at radius 1 is 0.364 bits per heavy atom. The minimum atomic E-state index is -0.670. The molecule has 6 heteroatoms. The fraction of sp³-hybridized carbons (Fsp3) is 0.887. The molecule has 0 spiro atoms. The molecular weight excluding hydrogens is 947 g/mol. The number of ether oxygens (including phenoxy) is 1.